The maximum absolute atomic E-state index is 13.0. The molecule has 5 nitrogen and oxygen atoms in total. The smallest absolute Gasteiger partial charge is 0.431 e. The van der Waals surface area contributed by atoms with Gasteiger partial charge in [-0.3, -0.25) is 4.40 Å². The quantitative estimate of drug-likeness (QED) is 0.644. The zero-order valence-electron chi connectivity index (χ0n) is 10.6. The van der Waals surface area contributed by atoms with Gasteiger partial charge >= 0.3 is 12.1 Å². The van der Waals surface area contributed by atoms with E-state index < -0.39 is 17.8 Å². The van der Waals surface area contributed by atoms with Crippen molar-refractivity contribution < 1.29 is 22.7 Å². The van der Waals surface area contributed by atoms with E-state index in [9.17, 15) is 18.0 Å². The number of carbonyl (C=O) groups excluding carboxylic acids is 1. The van der Waals surface area contributed by atoms with Crippen molar-refractivity contribution in [2.24, 2.45) is 0 Å². The number of carbonyl (C=O) groups is 1. The van der Waals surface area contributed by atoms with Crippen LogP contribution in [0.5, 0.6) is 0 Å². The van der Waals surface area contributed by atoms with Gasteiger partial charge in [0.2, 0.25) is 0 Å². The Balaban J connectivity index is 2.72. The van der Waals surface area contributed by atoms with Gasteiger partial charge in [-0.05, 0) is 25.3 Å². The van der Waals surface area contributed by atoms with E-state index in [0.29, 0.717) is 0 Å². The third kappa shape index (κ3) is 2.45. The lowest BCUT2D eigenvalue weighted by Gasteiger charge is -2.12. The minimum absolute atomic E-state index is 0.0485. The van der Waals surface area contributed by atoms with Crippen molar-refractivity contribution in [1.82, 2.24) is 14.6 Å². The molecule has 0 aliphatic heterocycles. The molecule has 0 amide bonds. The molecule has 0 bridgehead atoms. The van der Waals surface area contributed by atoms with Crippen LogP contribution in [0, 0.1) is 0 Å². The first-order chi connectivity index (χ1) is 9.40. The number of halogens is 3. The molecule has 0 aromatic carbocycles. The van der Waals surface area contributed by atoms with Crippen molar-refractivity contribution in [3.63, 3.8) is 0 Å². The normalized spacial score (nSPS) is 11.8. The standard InChI is InChI=1S/C11H10F3N3O2S/c1-3-19-9(18)6-4-5-7(11(12,13)14)17-8(6)15-16-10(17)20-2/h4-5H,3H2,1-2H3. The Hall–Kier alpha value is -1.77. The topological polar surface area (TPSA) is 56.5 Å². The second-order valence-corrected chi connectivity index (χ2v) is 4.47. The van der Waals surface area contributed by atoms with E-state index >= 15 is 0 Å². The number of thioether (sulfide) groups is 1. The fourth-order valence-electron chi connectivity index (χ4n) is 1.69. The number of aromatic nitrogens is 3. The minimum atomic E-state index is -4.57. The molecule has 2 heterocycles. The molecule has 108 valence electrons. The van der Waals surface area contributed by atoms with E-state index in [0.717, 1.165) is 28.3 Å². The highest BCUT2D eigenvalue weighted by molar-refractivity contribution is 7.98. The zero-order valence-corrected chi connectivity index (χ0v) is 11.4. The summed E-state index contributed by atoms with van der Waals surface area (Å²) < 4.78 is 44.6. The van der Waals surface area contributed by atoms with E-state index in [1.165, 1.54) is 0 Å². The highest BCUT2D eigenvalue weighted by Crippen LogP contribution is 2.32. The average Bonchev–Trinajstić information content (AvgIpc) is 2.80. The number of alkyl halides is 3. The number of rotatable bonds is 3. The van der Waals surface area contributed by atoms with Crippen LogP contribution in [0.2, 0.25) is 0 Å². The number of ether oxygens (including phenoxy) is 1. The number of hydrogen-bond donors (Lipinski definition) is 0. The van der Waals surface area contributed by atoms with Crippen LogP contribution in [0.15, 0.2) is 17.3 Å². The largest absolute Gasteiger partial charge is 0.462 e. The van der Waals surface area contributed by atoms with E-state index in [1.54, 1.807) is 13.2 Å². The van der Waals surface area contributed by atoms with Gasteiger partial charge in [0.05, 0.1) is 6.61 Å². The van der Waals surface area contributed by atoms with Gasteiger partial charge in [-0.2, -0.15) is 13.2 Å². The van der Waals surface area contributed by atoms with Gasteiger partial charge in [0.1, 0.15) is 11.3 Å². The highest BCUT2D eigenvalue weighted by atomic mass is 32.2. The molecular weight excluding hydrogens is 295 g/mol. The van der Waals surface area contributed by atoms with Crippen LogP contribution >= 0.6 is 11.8 Å². The second-order valence-electron chi connectivity index (χ2n) is 3.70. The van der Waals surface area contributed by atoms with Crippen molar-refractivity contribution in [1.29, 1.82) is 0 Å². The summed E-state index contributed by atoms with van der Waals surface area (Å²) in [5.41, 5.74) is -1.15. The number of fused-ring (bicyclic) bond motifs is 1. The third-order valence-electron chi connectivity index (χ3n) is 2.49. The molecule has 2 rings (SSSR count). The molecule has 0 aliphatic rings. The number of pyridine rings is 1. The highest BCUT2D eigenvalue weighted by Gasteiger charge is 2.35. The first-order valence-corrected chi connectivity index (χ1v) is 6.79. The van der Waals surface area contributed by atoms with Gasteiger partial charge in [-0.1, -0.05) is 11.8 Å². The lowest BCUT2D eigenvalue weighted by Crippen LogP contribution is -2.15. The summed E-state index contributed by atoms with van der Waals surface area (Å²) in [4.78, 5) is 11.7. The molecule has 0 unspecified atom stereocenters. The van der Waals surface area contributed by atoms with Crippen molar-refractivity contribution >= 4 is 23.4 Å². The first-order valence-electron chi connectivity index (χ1n) is 5.56. The molecular formula is C11H10F3N3O2S. The molecule has 0 spiro atoms. The van der Waals surface area contributed by atoms with Crippen molar-refractivity contribution in [2.75, 3.05) is 12.9 Å². The van der Waals surface area contributed by atoms with Gasteiger partial charge in [0.15, 0.2) is 10.8 Å². The lowest BCUT2D eigenvalue weighted by molar-refractivity contribution is -0.142. The monoisotopic (exact) mass is 305 g/mol. The van der Waals surface area contributed by atoms with Crippen LogP contribution < -0.4 is 0 Å². The maximum Gasteiger partial charge on any atom is 0.431 e. The summed E-state index contributed by atoms with van der Waals surface area (Å²) in [6, 6.07) is 1.87. The predicted molar refractivity (Wildman–Crippen MR) is 65.7 cm³/mol. The summed E-state index contributed by atoms with van der Waals surface area (Å²) >= 11 is 1.01. The molecule has 0 fully saturated rings. The Morgan fingerprint density at radius 2 is 2.10 bits per heavy atom. The fourth-order valence-corrected chi connectivity index (χ4v) is 2.18. The van der Waals surface area contributed by atoms with E-state index in [4.69, 9.17) is 4.74 Å². The van der Waals surface area contributed by atoms with Crippen LogP contribution in [0.25, 0.3) is 5.65 Å². The van der Waals surface area contributed by atoms with Crippen molar-refractivity contribution in [2.45, 2.75) is 18.3 Å². The summed E-state index contributed by atoms with van der Waals surface area (Å²) in [5, 5.41) is 7.37. The predicted octanol–water partition coefficient (Wildman–Crippen LogP) is 2.65. The molecule has 9 heteroatoms. The average molecular weight is 305 g/mol. The third-order valence-corrected chi connectivity index (χ3v) is 3.12. The lowest BCUT2D eigenvalue weighted by atomic mass is 10.2. The van der Waals surface area contributed by atoms with Gasteiger partial charge in [0.25, 0.3) is 0 Å². The van der Waals surface area contributed by atoms with E-state index in [1.807, 2.05) is 0 Å². The van der Waals surface area contributed by atoms with E-state index in [-0.39, 0.29) is 23.0 Å². The summed E-state index contributed by atoms with van der Waals surface area (Å²) in [5.74, 6) is -0.730. The molecule has 0 atom stereocenters. The van der Waals surface area contributed by atoms with Gasteiger partial charge in [0, 0.05) is 0 Å². The number of hydrogen-bond acceptors (Lipinski definition) is 5. The molecule has 20 heavy (non-hydrogen) atoms. The summed E-state index contributed by atoms with van der Waals surface area (Å²) in [7, 11) is 0. The van der Waals surface area contributed by atoms with Gasteiger partial charge in [-0.15, -0.1) is 10.2 Å². The zero-order chi connectivity index (χ0) is 14.9. The maximum atomic E-state index is 13.0. The molecule has 0 radical (unpaired) electrons. The second kappa shape index (κ2) is 5.31. The molecule has 0 saturated carbocycles. The summed E-state index contributed by atoms with van der Waals surface area (Å²) in [6.07, 6.45) is -2.99. The van der Waals surface area contributed by atoms with Crippen LogP contribution in [0.1, 0.15) is 23.0 Å². The molecule has 2 aromatic rings. The molecule has 2 aromatic heterocycles. The minimum Gasteiger partial charge on any atom is -0.462 e. The van der Waals surface area contributed by atoms with Crippen LogP contribution in [0.4, 0.5) is 13.2 Å². The van der Waals surface area contributed by atoms with Crippen LogP contribution in [-0.2, 0) is 10.9 Å². The first kappa shape index (κ1) is 14.6. The number of esters is 1. The Kier molecular flexibility index (Phi) is 3.89. The Morgan fingerprint density at radius 1 is 1.40 bits per heavy atom. The van der Waals surface area contributed by atoms with Crippen molar-refractivity contribution in [3.05, 3.63) is 23.4 Å². The van der Waals surface area contributed by atoms with E-state index in [2.05, 4.69) is 10.2 Å². The van der Waals surface area contributed by atoms with Gasteiger partial charge in [-0.25, -0.2) is 4.79 Å². The molecule has 0 saturated heterocycles. The van der Waals surface area contributed by atoms with Gasteiger partial charge < -0.3 is 4.74 Å². The van der Waals surface area contributed by atoms with Crippen molar-refractivity contribution in [3.8, 4) is 0 Å². The Labute approximate surface area is 116 Å². The molecule has 0 aliphatic carbocycles. The van der Waals surface area contributed by atoms with Crippen LogP contribution in [-0.4, -0.2) is 33.4 Å². The molecule has 0 N–H and O–H groups in total. The van der Waals surface area contributed by atoms with Crippen LogP contribution in [0.3, 0.4) is 0 Å². The fraction of sp³-hybridized carbons (Fsp3) is 0.364. The Morgan fingerprint density at radius 3 is 2.65 bits per heavy atom. The summed E-state index contributed by atoms with van der Waals surface area (Å²) in [6.45, 7) is 1.73. The SMILES string of the molecule is CCOC(=O)c1ccc(C(F)(F)F)n2c(SC)nnc12. The Bertz CT molecular complexity index is 654. The number of nitrogens with zero attached hydrogens (tertiary/aromatic N) is 3.